The van der Waals surface area contributed by atoms with Crippen molar-refractivity contribution in [3.05, 3.63) is 36.2 Å². The summed E-state index contributed by atoms with van der Waals surface area (Å²) in [5, 5.41) is 17.2. The molecule has 0 spiro atoms. The number of aromatic nitrogens is 3. The second-order valence-corrected chi connectivity index (χ2v) is 4.88. The summed E-state index contributed by atoms with van der Waals surface area (Å²) in [4.78, 5) is 13.7. The highest BCUT2D eigenvalue weighted by Gasteiger charge is 2.29. The van der Waals surface area contributed by atoms with E-state index in [-0.39, 0.29) is 12.0 Å². The van der Waals surface area contributed by atoms with Crippen LogP contribution in [0.25, 0.3) is 11.4 Å². The topological polar surface area (TPSA) is 71.2 Å². The number of β-amino-alcohol motifs (C(OH)–C–C–N with tert-alkyl or cyclic N) is 1. The van der Waals surface area contributed by atoms with Crippen molar-refractivity contribution < 1.29 is 9.90 Å². The number of carbonyl (C=O) groups is 1. The van der Waals surface area contributed by atoms with E-state index < -0.39 is 0 Å². The molecule has 1 saturated heterocycles. The Morgan fingerprint density at radius 2 is 2.05 bits per heavy atom. The van der Waals surface area contributed by atoms with E-state index in [1.165, 1.54) is 0 Å². The lowest BCUT2D eigenvalue weighted by Gasteiger charge is -2.35. The number of amides is 1. The molecule has 1 aromatic heterocycles. The Kier molecular flexibility index (Phi) is 3.23. The molecule has 1 aliphatic rings. The van der Waals surface area contributed by atoms with E-state index in [0.29, 0.717) is 18.7 Å². The highest BCUT2D eigenvalue weighted by atomic mass is 16.3. The summed E-state index contributed by atoms with van der Waals surface area (Å²) in [6, 6.07) is 7.33. The Morgan fingerprint density at radius 3 is 2.65 bits per heavy atom. The van der Waals surface area contributed by atoms with E-state index in [2.05, 4.69) is 10.2 Å². The monoisotopic (exact) mass is 272 g/mol. The molecule has 2 aromatic rings. The van der Waals surface area contributed by atoms with Gasteiger partial charge in [-0.2, -0.15) is 0 Å². The summed E-state index contributed by atoms with van der Waals surface area (Å²) in [6.45, 7) is 3.67. The van der Waals surface area contributed by atoms with Gasteiger partial charge in [-0.15, -0.1) is 10.2 Å². The average molecular weight is 272 g/mol. The minimum Gasteiger partial charge on any atom is -0.389 e. The smallest absolute Gasteiger partial charge is 0.254 e. The van der Waals surface area contributed by atoms with Gasteiger partial charge in [0.15, 0.2) is 5.82 Å². The van der Waals surface area contributed by atoms with Crippen molar-refractivity contribution in [3.8, 4) is 11.4 Å². The maximum absolute atomic E-state index is 12.1. The van der Waals surface area contributed by atoms with Crippen LogP contribution in [0.5, 0.6) is 0 Å². The number of rotatable bonds is 3. The summed E-state index contributed by atoms with van der Waals surface area (Å²) >= 11 is 0. The summed E-state index contributed by atoms with van der Waals surface area (Å²) in [7, 11) is 0. The van der Waals surface area contributed by atoms with E-state index in [1.54, 1.807) is 23.4 Å². The van der Waals surface area contributed by atoms with Crippen molar-refractivity contribution in [2.45, 2.75) is 19.6 Å². The largest absolute Gasteiger partial charge is 0.389 e. The number of nitrogens with zero attached hydrogens (tertiary/aromatic N) is 4. The molecular formula is C14H16N4O2. The van der Waals surface area contributed by atoms with Crippen molar-refractivity contribution in [1.29, 1.82) is 0 Å². The Balaban J connectivity index is 1.79. The van der Waals surface area contributed by atoms with Gasteiger partial charge in [0.05, 0.1) is 6.10 Å². The minimum atomic E-state index is -0.374. The van der Waals surface area contributed by atoms with Gasteiger partial charge in [0.2, 0.25) is 0 Å². The van der Waals surface area contributed by atoms with Crippen LogP contribution < -0.4 is 0 Å². The van der Waals surface area contributed by atoms with Gasteiger partial charge < -0.3 is 14.6 Å². The van der Waals surface area contributed by atoms with Crippen LogP contribution in [0.4, 0.5) is 0 Å². The zero-order chi connectivity index (χ0) is 14.1. The van der Waals surface area contributed by atoms with Gasteiger partial charge in [0.25, 0.3) is 5.91 Å². The number of benzene rings is 1. The first-order valence-electron chi connectivity index (χ1n) is 6.64. The van der Waals surface area contributed by atoms with Crippen LogP contribution in [-0.4, -0.2) is 49.9 Å². The number of likely N-dealkylation sites (tertiary alicyclic amines) is 1. The van der Waals surface area contributed by atoms with Crippen molar-refractivity contribution in [1.82, 2.24) is 19.7 Å². The van der Waals surface area contributed by atoms with Crippen LogP contribution in [-0.2, 0) is 6.54 Å². The van der Waals surface area contributed by atoms with E-state index in [9.17, 15) is 9.90 Å². The Labute approximate surface area is 116 Å². The molecule has 1 N–H and O–H groups in total. The molecule has 1 amide bonds. The molecule has 0 aliphatic carbocycles. The highest BCUT2D eigenvalue weighted by Crippen LogP contribution is 2.19. The van der Waals surface area contributed by atoms with E-state index in [4.69, 9.17) is 0 Å². The fraction of sp³-hybridized carbons (Fsp3) is 0.357. The molecule has 2 heterocycles. The van der Waals surface area contributed by atoms with Gasteiger partial charge in [0, 0.05) is 30.8 Å². The lowest BCUT2D eigenvalue weighted by Crippen LogP contribution is -2.53. The maximum Gasteiger partial charge on any atom is 0.254 e. The molecule has 3 rings (SSSR count). The average Bonchev–Trinajstić information content (AvgIpc) is 2.92. The third-order valence-electron chi connectivity index (χ3n) is 3.50. The predicted octanol–water partition coefficient (Wildman–Crippen LogP) is 0.782. The van der Waals surface area contributed by atoms with Crippen LogP contribution in [0.2, 0.25) is 0 Å². The zero-order valence-corrected chi connectivity index (χ0v) is 11.2. The maximum atomic E-state index is 12.1. The number of aryl methyl sites for hydroxylation is 1. The number of hydrogen-bond acceptors (Lipinski definition) is 4. The second kappa shape index (κ2) is 5.05. The normalized spacial score (nSPS) is 15.2. The Bertz CT molecular complexity index is 614. The van der Waals surface area contributed by atoms with Crippen LogP contribution in [0.15, 0.2) is 30.6 Å². The third-order valence-corrected chi connectivity index (χ3v) is 3.50. The van der Waals surface area contributed by atoms with Gasteiger partial charge in [-0.25, -0.2) is 0 Å². The summed E-state index contributed by atoms with van der Waals surface area (Å²) in [5.74, 6) is 0.754. The molecule has 104 valence electrons. The standard InChI is InChI=1S/C14H16N4O2/c1-2-17-9-15-16-13(17)10-3-5-11(6-4-10)14(20)18-7-12(19)8-18/h3-6,9,12,19H,2,7-8H2,1H3. The zero-order valence-electron chi connectivity index (χ0n) is 11.2. The summed E-state index contributed by atoms with van der Waals surface area (Å²) in [5.41, 5.74) is 1.56. The predicted molar refractivity (Wildman–Crippen MR) is 73.0 cm³/mol. The van der Waals surface area contributed by atoms with Crippen LogP contribution in [0.1, 0.15) is 17.3 Å². The third kappa shape index (κ3) is 2.18. The fourth-order valence-corrected chi connectivity index (χ4v) is 2.28. The number of carbonyl (C=O) groups excluding carboxylic acids is 1. The SMILES string of the molecule is CCn1cnnc1-c1ccc(C(=O)N2CC(O)C2)cc1. The van der Waals surface area contributed by atoms with Crippen molar-refractivity contribution in [3.63, 3.8) is 0 Å². The van der Waals surface area contributed by atoms with E-state index >= 15 is 0 Å². The molecule has 1 aromatic carbocycles. The first kappa shape index (κ1) is 12.8. The van der Waals surface area contributed by atoms with Crippen LogP contribution >= 0.6 is 0 Å². The van der Waals surface area contributed by atoms with E-state index in [0.717, 1.165) is 17.9 Å². The molecule has 0 saturated carbocycles. The molecule has 6 heteroatoms. The van der Waals surface area contributed by atoms with Gasteiger partial charge in [-0.1, -0.05) is 12.1 Å². The fourth-order valence-electron chi connectivity index (χ4n) is 2.28. The number of aliphatic hydroxyl groups is 1. The van der Waals surface area contributed by atoms with Crippen molar-refractivity contribution in [2.24, 2.45) is 0 Å². The Hall–Kier alpha value is -2.21. The van der Waals surface area contributed by atoms with Gasteiger partial charge in [-0.3, -0.25) is 4.79 Å². The number of hydrogen-bond donors (Lipinski definition) is 1. The lowest BCUT2D eigenvalue weighted by molar-refractivity contribution is 0.00590. The first-order chi connectivity index (χ1) is 9.69. The van der Waals surface area contributed by atoms with Crippen LogP contribution in [0.3, 0.4) is 0 Å². The molecule has 0 bridgehead atoms. The molecule has 20 heavy (non-hydrogen) atoms. The molecule has 1 aliphatic heterocycles. The molecule has 1 fully saturated rings. The summed E-state index contributed by atoms with van der Waals surface area (Å²) < 4.78 is 1.95. The van der Waals surface area contributed by atoms with Crippen molar-refractivity contribution >= 4 is 5.91 Å². The van der Waals surface area contributed by atoms with Crippen molar-refractivity contribution in [2.75, 3.05) is 13.1 Å². The molecule has 6 nitrogen and oxygen atoms in total. The summed E-state index contributed by atoms with van der Waals surface area (Å²) in [6.07, 6.45) is 1.32. The van der Waals surface area contributed by atoms with Crippen LogP contribution in [0, 0.1) is 0 Å². The lowest BCUT2D eigenvalue weighted by atomic mass is 10.1. The molecule has 0 unspecified atom stereocenters. The molecule has 0 radical (unpaired) electrons. The Morgan fingerprint density at radius 1 is 1.35 bits per heavy atom. The second-order valence-electron chi connectivity index (χ2n) is 4.88. The highest BCUT2D eigenvalue weighted by molar-refractivity contribution is 5.95. The molecular weight excluding hydrogens is 256 g/mol. The molecule has 0 atom stereocenters. The van der Waals surface area contributed by atoms with Gasteiger partial charge in [0.1, 0.15) is 6.33 Å². The first-order valence-corrected chi connectivity index (χ1v) is 6.64. The number of aliphatic hydroxyl groups excluding tert-OH is 1. The quantitative estimate of drug-likeness (QED) is 0.896. The van der Waals surface area contributed by atoms with E-state index in [1.807, 2.05) is 23.6 Å². The van der Waals surface area contributed by atoms with Gasteiger partial charge in [-0.05, 0) is 19.1 Å². The minimum absolute atomic E-state index is 0.0428. The van der Waals surface area contributed by atoms with Gasteiger partial charge >= 0.3 is 0 Å².